The summed E-state index contributed by atoms with van der Waals surface area (Å²) in [6.07, 6.45) is 1.65. The van der Waals surface area contributed by atoms with Gasteiger partial charge in [-0.1, -0.05) is 12.1 Å². The number of aromatic nitrogens is 2. The highest BCUT2D eigenvalue weighted by Gasteiger charge is 2.12. The fourth-order valence-corrected chi connectivity index (χ4v) is 2.36. The third kappa shape index (κ3) is 2.54. The smallest absolute Gasteiger partial charge is 0.335 e. The van der Waals surface area contributed by atoms with Gasteiger partial charge >= 0.3 is 11.9 Å². The van der Waals surface area contributed by atoms with Gasteiger partial charge in [-0.2, -0.15) is 0 Å². The molecule has 0 aliphatic carbocycles. The van der Waals surface area contributed by atoms with Crippen LogP contribution in [0, 0.1) is 0 Å². The van der Waals surface area contributed by atoms with E-state index < -0.39 is 11.9 Å². The van der Waals surface area contributed by atoms with E-state index in [0.717, 1.165) is 17.1 Å². The lowest BCUT2D eigenvalue weighted by Gasteiger charge is -2.07. The van der Waals surface area contributed by atoms with Gasteiger partial charge in [-0.15, -0.1) is 0 Å². The third-order valence-corrected chi connectivity index (χ3v) is 3.37. The Morgan fingerprint density at radius 2 is 1.64 bits per heavy atom. The molecule has 0 aliphatic rings. The molecule has 0 bridgehead atoms. The van der Waals surface area contributed by atoms with E-state index in [1.54, 1.807) is 6.33 Å². The van der Waals surface area contributed by atoms with Crippen molar-refractivity contribution in [1.82, 2.24) is 9.55 Å². The second-order valence-corrected chi connectivity index (χ2v) is 4.89. The van der Waals surface area contributed by atoms with Crippen LogP contribution < -0.4 is 0 Å². The molecule has 6 nitrogen and oxygen atoms in total. The van der Waals surface area contributed by atoms with E-state index in [-0.39, 0.29) is 11.1 Å². The zero-order chi connectivity index (χ0) is 15.7. The van der Waals surface area contributed by atoms with Crippen molar-refractivity contribution in [2.45, 2.75) is 6.54 Å². The first kappa shape index (κ1) is 13.8. The van der Waals surface area contributed by atoms with Crippen LogP contribution in [0.15, 0.2) is 48.8 Å². The maximum Gasteiger partial charge on any atom is 0.335 e. The molecule has 0 amide bonds. The monoisotopic (exact) mass is 296 g/mol. The normalized spacial score (nSPS) is 10.7. The Morgan fingerprint density at radius 1 is 1.00 bits per heavy atom. The van der Waals surface area contributed by atoms with E-state index in [4.69, 9.17) is 10.2 Å². The second-order valence-electron chi connectivity index (χ2n) is 4.89. The Hall–Kier alpha value is -3.15. The minimum absolute atomic E-state index is 0.0423. The Bertz CT molecular complexity index is 850. The zero-order valence-corrected chi connectivity index (χ0v) is 11.4. The highest BCUT2D eigenvalue weighted by atomic mass is 16.4. The summed E-state index contributed by atoms with van der Waals surface area (Å²) < 4.78 is 1.85. The van der Waals surface area contributed by atoms with Crippen LogP contribution in [0.1, 0.15) is 26.3 Å². The van der Waals surface area contributed by atoms with Crippen molar-refractivity contribution < 1.29 is 19.8 Å². The number of benzene rings is 2. The number of hydrogen-bond acceptors (Lipinski definition) is 3. The van der Waals surface area contributed by atoms with Crippen LogP contribution in [0.25, 0.3) is 11.0 Å². The van der Waals surface area contributed by atoms with Gasteiger partial charge in [0.05, 0.1) is 28.5 Å². The first-order valence-corrected chi connectivity index (χ1v) is 6.55. The summed E-state index contributed by atoms with van der Waals surface area (Å²) in [6.45, 7) is 0.349. The van der Waals surface area contributed by atoms with Crippen LogP contribution in [0.3, 0.4) is 0 Å². The number of nitrogens with zero attached hydrogens (tertiary/aromatic N) is 2. The molecule has 22 heavy (non-hydrogen) atoms. The summed E-state index contributed by atoms with van der Waals surface area (Å²) in [5.41, 5.74) is 2.24. The van der Waals surface area contributed by atoms with E-state index >= 15 is 0 Å². The molecule has 0 radical (unpaired) electrons. The minimum Gasteiger partial charge on any atom is -0.478 e. The Kier molecular flexibility index (Phi) is 3.34. The van der Waals surface area contributed by atoms with Gasteiger partial charge < -0.3 is 14.8 Å². The largest absolute Gasteiger partial charge is 0.478 e. The molecule has 2 N–H and O–H groups in total. The molecule has 3 aromatic rings. The molecule has 0 spiro atoms. The lowest BCUT2D eigenvalue weighted by Crippen LogP contribution is -2.06. The second kappa shape index (κ2) is 5.33. The molecule has 1 aromatic heterocycles. The van der Waals surface area contributed by atoms with Crippen LogP contribution in [0.5, 0.6) is 0 Å². The van der Waals surface area contributed by atoms with E-state index in [2.05, 4.69) is 4.98 Å². The SMILES string of the molecule is O=C(O)c1cc(Cn2cnc3ccccc32)cc(C(=O)O)c1. The fraction of sp³-hybridized carbons (Fsp3) is 0.0625. The molecule has 0 unspecified atom stereocenters. The van der Waals surface area contributed by atoms with Crippen molar-refractivity contribution in [2.24, 2.45) is 0 Å². The van der Waals surface area contributed by atoms with E-state index in [1.165, 1.54) is 12.1 Å². The number of carbonyl (C=O) groups is 2. The molecule has 0 saturated heterocycles. The first-order valence-electron chi connectivity index (χ1n) is 6.55. The standard InChI is InChI=1S/C16H12N2O4/c19-15(20)11-5-10(6-12(7-11)16(21)22)8-18-9-17-13-3-1-2-4-14(13)18/h1-7,9H,8H2,(H,19,20)(H,21,22). The summed E-state index contributed by atoms with van der Waals surface area (Å²) >= 11 is 0. The van der Waals surface area contributed by atoms with Crippen LogP contribution in [0.2, 0.25) is 0 Å². The molecule has 3 rings (SSSR count). The Labute approximate surface area is 125 Å². The first-order chi connectivity index (χ1) is 10.5. The maximum atomic E-state index is 11.1. The number of imidazole rings is 1. The van der Waals surface area contributed by atoms with Crippen LogP contribution in [-0.4, -0.2) is 31.7 Å². The van der Waals surface area contributed by atoms with Crippen molar-refractivity contribution in [3.63, 3.8) is 0 Å². The lowest BCUT2D eigenvalue weighted by molar-refractivity contribution is 0.0696. The van der Waals surface area contributed by atoms with Gasteiger partial charge in [-0.3, -0.25) is 0 Å². The highest BCUT2D eigenvalue weighted by molar-refractivity contribution is 5.94. The topological polar surface area (TPSA) is 92.4 Å². The highest BCUT2D eigenvalue weighted by Crippen LogP contribution is 2.16. The quantitative estimate of drug-likeness (QED) is 0.771. The number of hydrogen-bond donors (Lipinski definition) is 2. The number of para-hydroxylation sites is 2. The number of carboxylic acid groups (broad SMARTS) is 2. The average Bonchev–Trinajstić information content (AvgIpc) is 2.90. The van der Waals surface area contributed by atoms with Crippen LogP contribution in [-0.2, 0) is 6.54 Å². The summed E-state index contributed by atoms with van der Waals surface area (Å²) in [5, 5.41) is 18.2. The van der Waals surface area contributed by atoms with Crippen LogP contribution >= 0.6 is 0 Å². The lowest BCUT2D eigenvalue weighted by atomic mass is 10.1. The number of rotatable bonds is 4. The molecule has 110 valence electrons. The van der Waals surface area contributed by atoms with Crippen molar-refractivity contribution in [1.29, 1.82) is 0 Å². The van der Waals surface area contributed by atoms with Crippen molar-refractivity contribution in [3.8, 4) is 0 Å². The summed E-state index contributed by atoms with van der Waals surface area (Å²) in [4.78, 5) is 26.5. The molecule has 2 aromatic carbocycles. The third-order valence-electron chi connectivity index (χ3n) is 3.37. The molecule has 0 aliphatic heterocycles. The molecule has 6 heteroatoms. The molecule has 1 heterocycles. The average molecular weight is 296 g/mol. The van der Waals surface area contributed by atoms with Crippen LogP contribution in [0.4, 0.5) is 0 Å². The summed E-state index contributed by atoms with van der Waals surface area (Å²) in [6, 6.07) is 11.7. The predicted molar refractivity (Wildman–Crippen MR) is 79.2 cm³/mol. The van der Waals surface area contributed by atoms with Crippen molar-refractivity contribution >= 4 is 23.0 Å². The molecular formula is C16H12N2O4. The number of carboxylic acids is 2. The van der Waals surface area contributed by atoms with Gasteiger partial charge in [-0.25, -0.2) is 14.6 Å². The predicted octanol–water partition coefficient (Wildman–Crippen LogP) is 2.48. The number of fused-ring (bicyclic) bond motifs is 1. The molecule has 0 saturated carbocycles. The fourth-order valence-electron chi connectivity index (χ4n) is 2.36. The molecule has 0 fully saturated rings. The van der Waals surface area contributed by atoms with E-state index in [1.807, 2.05) is 28.8 Å². The Morgan fingerprint density at radius 3 is 2.27 bits per heavy atom. The van der Waals surface area contributed by atoms with Crippen molar-refractivity contribution in [3.05, 3.63) is 65.5 Å². The van der Waals surface area contributed by atoms with E-state index in [9.17, 15) is 9.59 Å². The molecular weight excluding hydrogens is 284 g/mol. The number of aromatic carboxylic acids is 2. The summed E-state index contributed by atoms with van der Waals surface area (Å²) in [7, 11) is 0. The minimum atomic E-state index is -1.15. The maximum absolute atomic E-state index is 11.1. The van der Waals surface area contributed by atoms with Gasteiger partial charge in [0.25, 0.3) is 0 Å². The van der Waals surface area contributed by atoms with Gasteiger partial charge in [0.2, 0.25) is 0 Å². The summed E-state index contributed by atoms with van der Waals surface area (Å²) in [5.74, 6) is -2.31. The van der Waals surface area contributed by atoms with Gasteiger partial charge in [-0.05, 0) is 35.9 Å². The van der Waals surface area contributed by atoms with Crippen molar-refractivity contribution in [2.75, 3.05) is 0 Å². The Balaban J connectivity index is 2.04. The van der Waals surface area contributed by atoms with Gasteiger partial charge in [0, 0.05) is 6.54 Å². The van der Waals surface area contributed by atoms with E-state index in [0.29, 0.717) is 12.1 Å². The molecule has 0 atom stereocenters. The van der Waals surface area contributed by atoms with Gasteiger partial charge in [0.1, 0.15) is 0 Å². The van der Waals surface area contributed by atoms with Gasteiger partial charge in [0.15, 0.2) is 0 Å². The zero-order valence-electron chi connectivity index (χ0n) is 11.4.